The molecule has 1 atom stereocenters. The normalized spacial score (nSPS) is 12.9. The molecule has 0 saturated heterocycles. The first-order valence-electron chi connectivity index (χ1n) is 15.8. The van der Waals surface area contributed by atoms with Crippen molar-refractivity contribution in [2.75, 3.05) is 50.2 Å². The number of amides is 2. The molecule has 1 unspecified atom stereocenters. The maximum atomic E-state index is 13.1. The molecule has 0 bridgehead atoms. The Balaban J connectivity index is 1.19. The first-order valence-corrected chi connectivity index (χ1v) is 17.5. The van der Waals surface area contributed by atoms with Crippen molar-refractivity contribution in [1.29, 1.82) is 0 Å². The summed E-state index contributed by atoms with van der Waals surface area (Å²) in [5.41, 5.74) is 4.36. The van der Waals surface area contributed by atoms with Gasteiger partial charge in [-0.3, -0.25) is 19.2 Å². The van der Waals surface area contributed by atoms with Crippen LogP contribution in [0.5, 0.6) is 5.75 Å². The van der Waals surface area contributed by atoms with Crippen LogP contribution in [0.3, 0.4) is 0 Å². The lowest BCUT2D eigenvalue weighted by Gasteiger charge is -2.29. The van der Waals surface area contributed by atoms with Crippen LogP contribution in [0.2, 0.25) is 10.0 Å². The highest BCUT2D eigenvalue weighted by molar-refractivity contribution is 7.99. The summed E-state index contributed by atoms with van der Waals surface area (Å²) in [5, 5.41) is 26.4. The van der Waals surface area contributed by atoms with Crippen LogP contribution in [0, 0.1) is 6.92 Å². The summed E-state index contributed by atoms with van der Waals surface area (Å²) in [7, 11) is 0. The molecule has 1 aromatic heterocycles. The van der Waals surface area contributed by atoms with Crippen molar-refractivity contribution in [2.45, 2.75) is 30.9 Å². The number of benzene rings is 3. The van der Waals surface area contributed by atoms with E-state index in [9.17, 15) is 19.5 Å². The maximum Gasteiger partial charge on any atom is 0.414 e. The smallest absolute Gasteiger partial charge is 0.414 e. The van der Waals surface area contributed by atoms with Crippen LogP contribution >= 0.6 is 35.0 Å². The molecule has 0 fully saturated rings. The fourth-order valence-corrected chi connectivity index (χ4v) is 6.55. The van der Waals surface area contributed by atoms with Gasteiger partial charge >= 0.3 is 12.1 Å². The number of hydrogen-bond donors (Lipinski definition) is 3. The number of carbonyl (C=O) groups is 3. The Morgan fingerprint density at radius 2 is 1.88 bits per heavy atom. The molecule has 264 valence electrons. The Morgan fingerprint density at radius 3 is 2.70 bits per heavy atom. The molecule has 2 heterocycles. The van der Waals surface area contributed by atoms with Crippen LogP contribution in [0.25, 0.3) is 11.1 Å². The number of nitrogens with one attached hydrogen (secondary N) is 1. The monoisotopic (exact) mass is 742 g/mol. The van der Waals surface area contributed by atoms with E-state index in [-0.39, 0.29) is 39.3 Å². The van der Waals surface area contributed by atoms with E-state index < -0.39 is 30.7 Å². The van der Waals surface area contributed by atoms with E-state index in [0.717, 1.165) is 27.3 Å². The molecule has 1 aliphatic rings. The van der Waals surface area contributed by atoms with Crippen LogP contribution in [0.15, 0.2) is 71.9 Å². The Bertz CT molecular complexity index is 1840. The van der Waals surface area contributed by atoms with Crippen LogP contribution in [-0.4, -0.2) is 89.3 Å². The number of hydrogen-bond acceptors (Lipinski definition) is 10. The molecular formula is C35H36Cl2N4O8S. The number of anilines is 1. The van der Waals surface area contributed by atoms with E-state index in [0.29, 0.717) is 39.2 Å². The third-order valence-electron chi connectivity index (χ3n) is 7.70. The van der Waals surface area contributed by atoms with Crippen molar-refractivity contribution in [1.82, 2.24) is 15.1 Å². The van der Waals surface area contributed by atoms with Crippen LogP contribution in [0.4, 0.5) is 10.5 Å². The molecule has 1 aliphatic heterocycles. The second-order valence-electron chi connectivity index (χ2n) is 11.2. The molecule has 4 aromatic rings. The van der Waals surface area contributed by atoms with Gasteiger partial charge in [0.1, 0.15) is 31.7 Å². The van der Waals surface area contributed by atoms with Crippen LogP contribution in [0.1, 0.15) is 27.9 Å². The zero-order valence-electron chi connectivity index (χ0n) is 27.1. The van der Waals surface area contributed by atoms with Crippen molar-refractivity contribution in [3.05, 3.63) is 93.7 Å². The lowest BCUT2D eigenvalue weighted by Crippen LogP contribution is -2.36. The fraction of sp³-hybridized carbons (Fsp3) is 0.314. The summed E-state index contributed by atoms with van der Waals surface area (Å²) in [6, 6.07) is 16.1. The van der Waals surface area contributed by atoms with Gasteiger partial charge in [0.05, 0.1) is 31.5 Å². The summed E-state index contributed by atoms with van der Waals surface area (Å²) in [6.07, 6.45) is 1.92. The number of nitrogens with zero attached hydrogens (tertiary/aromatic N) is 3. The van der Waals surface area contributed by atoms with Crippen LogP contribution < -0.4 is 15.0 Å². The minimum absolute atomic E-state index is 0.0278. The Labute approximate surface area is 303 Å². The van der Waals surface area contributed by atoms with Gasteiger partial charge in [0.15, 0.2) is 0 Å². The molecule has 12 nitrogen and oxygen atoms in total. The van der Waals surface area contributed by atoms with E-state index in [2.05, 4.69) is 10.4 Å². The predicted octanol–water partition coefficient (Wildman–Crippen LogP) is 5.36. The first-order chi connectivity index (χ1) is 24.1. The summed E-state index contributed by atoms with van der Waals surface area (Å²) in [6.45, 7) is 2.11. The number of ether oxygens (including phenoxy) is 3. The van der Waals surface area contributed by atoms with Gasteiger partial charge in [-0.2, -0.15) is 5.10 Å². The molecule has 50 heavy (non-hydrogen) atoms. The predicted molar refractivity (Wildman–Crippen MR) is 190 cm³/mol. The highest BCUT2D eigenvalue weighted by Gasteiger charge is 2.27. The number of rotatable bonds is 14. The fourth-order valence-electron chi connectivity index (χ4n) is 5.06. The number of fused-ring (bicyclic) bond motifs is 1. The van der Waals surface area contributed by atoms with E-state index in [4.69, 9.17) is 42.5 Å². The summed E-state index contributed by atoms with van der Waals surface area (Å²) in [5.74, 6) is 0.321. The second-order valence-corrected chi connectivity index (χ2v) is 13.2. The SMILES string of the molecule is Cc1c(Cl)cccc1OCCOC(=O)N1CCSc2c(-c3cnn(Cc4cc(C(=O)NCCC(=O)OCC(O)CO)ccc4Cl)c3)cccc21. The maximum absolute atomic E-state index is 13.1. The summed E-state index contributed by atoms with van der Waals surface area (Å²) in [4.78, 5) is 40.2. The number of carbonyl (C=O) groups excluding carboxylic acids is 3. The van der Waals surface area contributed by atoms with Crippen molar-refractivity contribution in [2.24, 2.45) is 0 Å². The highest BCUT2D eigenvalue weighted by Crippen LogP contribution is 2.42. The molecule has 0 aliphatic carbocycles. The minimum Gasteiger partial charge on any atom is -0.490 e. The standard InChI is InChI=1S/C35H36Cl2N4O8S/c1-22-28(36)5-3-7-31(22)47-13-14-48-35(46)41-12-15-50-33-27(4-2-6-30(33)41)25-17-39-40(19-25)18-24-16-23(8-9-29(24)37)34(45)38-11-10-32(44)49-21-26(43)20-42/h2-9,16-17,19,26,42-43H,10-15,18,20-21H2,1H3,(H,38,45). The average molecular weight is 744 g/mol. The summed E-state index contributed by atoms with van der Waals surface area (Å²) < 4.78 is 17.9. The van der Waals surface area contributed by atoms with Crippen molar-refractivity contribution < 1.29 is 38.8 Å². The number of aromatic nitrogens is 2. The Morgan fingerprint density at radius 1 is 1.06 bits per heavy atom. The molecule has 5 rings (SSSR count). The van der Waals surface area contributed by atoms with Gasteiger partial charge in [-0.15, -0.1) is 11.8 Å². The van der Waals surface area contributed by atoms with Crippen molar-refractivity contribution >= 4 is 58.6 Å². The van der Waals surface area contributed by atoms with E-state index in [1.165, 1.54) is 0 Å². The van der Waals surface area contributed by atoms with Crippen molar-refractivity contribution in [3.8, 4) is 16.9 Å². The minimum atomic E-state index is -1.15. The second kappa shape index (κ2) is 17.6. The first kappa shape index (κ1) is 37.0. The summed E-state index contributed by atoms with van der Waals surface area (Å²) >= 11 is 14.3. The molecule has 0 saturated carbocycles. The molecule has 3 N–H and O–H groups in total. The Kier molecular flexibility index (Phi) is 13.0. The number of esters is 1. The number of thioether (sulfide) groups is 1. The molecule has 0 radical (unpaired) electrons. The van der Waals surface area contributed by atoms with Gasteiger partial charge in [-0.25, -0.2) is 4.79 Å². The number of halogens is 2. The third-order valence-corrected chi connectivity index (χ3v) is 9.58. The van der Waals surface area contributed by atoms with Crippen molar-refractivity contribution in [3.63, 3.8) is 0 Å². The molecule has 2 amide bonds. The quantitative estimate of drug-likeness (QED) is 0.114. The van der Waals surface area contributed by atoms with E-state index in [1.807, 2.05) is 37.4 Å². The van der Waals surface area contributed by atoms with Crippen LogP contribution in [-0.2, 0) is 20.8 Å². The molecule has 15 heteroatoms. The lowest BCUT2D eigenvalue weighted by molar-refractivity contribution is -0.147. The van der Waals surface area contributed by atoms with E-state index >= 15 is 0 Å². The average Bonchev–Trinajstić information content (AvgIpc) is 3.59. The zero-order valence-corrected chi connectivity index (χ0v) is 29.5. The van der Waals surface area contributed by atoms with Gasteiger partial charge in [0, 0.05) is 62.2 Å². The van der Waals surface area contributed by atoms with Gasteiger partial charge in [-0.05, 0) is 48.9 Å². The highest BCUT2D eigenvalue weighted by atomic mass is 35.5. The van der Waals surface area contributed by atoms with Gasteiger partial charge < -0.3 is 29.7 Å². The lowest BCUT2D eigenvalue weighted by atomic mass is 10.1. The number of aliphatic hydroxyl groups excluding tert-OH is 2. The van der Waals surface area contributed by atoms with Gasteiger partial charge in [-0.1, -0.05) is 41.4 Å². The Hall–Kier alpha value is -4.27. The molecule has 3 aromatic carbocycles. The zero-order chi connectivity index (χ0) is 35.6. The van der Waals surface area contributed by atoms with Gasteiger partial charge in [0.2, 0.25) is 0 Å². The van der Waals surface area contributed by atoms with Gasteiger partial charge in [0.25, 0.3) is 5.91 Å². The largest absolute Gasteiger partial charge is 0.490 e. The number of aliphatic hydroxyl groups is 2. The van der Waals surface area contributed by atoms with E-state index in [1.54, 1.807) is 57.9 Å². The molecular weight excluding hydrogens is 707 g/mol. The third kappa shape index (κ3) is 9.49. The molecule has 0 spiro atoms. The topological polar surface area (TPSA) is 152 Å².